The van der Waals surface area contributed by atoms with E-state index in [1.54, 1.807) is 30.1 Å². The number of nitrogens with zero attached hydrogens (tertiary/aromatic N) is 1. The molecule has 1 saturated heterocycles. The lowest BCUT2D eigenvalue weighted by molar-refractivity contribution is -0.134. The van der Waals surface area contributed by atoms with Gasteiger partial charge in [-0.15, -0.1) is 0 Å². The highest BCUT2D eigenvalue weighted by molar-refractivity contribution is 6.00. The lowest BCUT2D eigenvalue weighted by Crippen LogP contribution is -2.54. The van der Waals surface area contributed by atoms with Crippen LogP contribution in [0.1, 0.15) is 35.2 Å². The summed E-state index contributed by atoms with van der Waals surface area (Å²) in [5.41, 5.74) is 2.06. The normalized spacial score (nSPS) is 21.3. The minimum atomic E-state index is -0.343. The van der Waals surface area contributed by atoms with Crippen molar-refractivity contribution in [3.05, 3.63) is 59.7 Å². The minimum Gasteiger partial charge on any atom is -0.490 e. The van der Waals surface area contributed by atoms with Crippen LogP contribution in [-0.2, 0) is 25.5 Å². The Morgan fingerprint density at radius 3 is 2.69 bits per heavy atom. The molecule has 3 atom stereocenters. The maximum absolute atomic E-state index is 13.3. The van der Waals surface area contributed by atoms with E-state index >= 15 is 0 Å². The van der Waals surface area contributed by atoms with E-state index in [-0.39, 0.29) is 55.6 Å². The summed E-state index contributed by atoms with van der Waals surface area (Å²) in [6.45, 7) is 0.762. The maximum atomic E-state index is 13.3. The quantitative estimate of drug-likeness (QED) is 0.583. The van der Waals surface area contributed by atoms with E-state index in [1.165, 1.54) is 12.7 Å². The molecule has 3 amide bonds. The van der Waals surface area contributed by atoms with Crippen molar-refractivity contribution in [1.29, 1.82) is 0 Å². The van der Waals surface area contributed by atoms with Crippen LogP contribution in [0.4, 0.5) is 5.69 Å². The Morgan fingerprint density at radius 1 is 1.11 bits per heavy atom. The molecule has 36 heavy (non-hydrogen) atoms. The van der Waals surface area contributed by atoms with E-state index < -0.39 is 0 Å². The van der Waals surface area contributed by atoms with Crippen LogP contribution >= 0.6 is 0 Å². The second-order valence-electron chi connectivity index (χ2n) is 9.15. The molecule has 2 N–H and O–H groups in total. The summed E-state index contributed by atoms with van der Waals surface area (Å²) in [4.78, 5) is 39.3. The zero-order chi connectivity index (χ0) is 25.5. The number of carbonyl (C=O) groups excluding carboxylic acids is 3. The van der Waals surface area contributed by atoms with E-state index in [0.29, 0.717) is 36.4 Å². The van der Waals surface area contributed by atoms with E-state index in [1.807, 2.05) is 30.3 Å². The third kappa shape index (κ3) is 6.41. The molecule has 192 valence electrons. The number of rotatable bonds is 8. The summed E-state index contributed by atoms with van der Waals surface area (Å²) in [6.07, 6.45) is 1.86. The largest absolute Gasteiger partial charge is 0.490 e. The molecule has 0 bridgehead atoms. The van der Waals surface area contributed by atoms with Crippen molar-refractivity contribution in [3.63, 3.8) is 0 Å². The predicted octanol–water partition coefficient (Wildman–Crippen LogP) is 2.40. The van der Waals surface area contributed by atoms with Gasteiger partial charge in [0.15, 0.2) is 0 Å². The Labute approximate surface area is 211 Å². The monoisotopic (exact) mass is 495 g/mol. The van der Waals surface area contributed by atoms with E-state index in [4.69, 9.17) is 14.2 Å². The number of carbonyl (C=O) groups is 3. The molecule has 0 saturated carbocycles. The molecule has 2 heterocycles. The van der Waals surface area contributed by atoms with Gasteiger partial charge in [-0.3, -0.25) is 14.4 Å². The SMILES string of the molecule is COCC(=O)Nc1ccc2c(c1)C(=O)N(C)[C@H]1CC[C@@H](CC(=O)NCCc3ccccc3)O[C@@H]1CO2. The van der Waals surface area contributed by atoms with Gasteiger partial charge in [-0.1, -0.05) is 30.3 Å². The Hall–Kier alpha value is -3.43. The third-order valence-electron chi connectivity index (χ3n) is 6.56. The first-order valence-electron chi connectivity index (χ1n) is 12.2. The van der Waals surface area contributed by atoms with Gasteiger partial charge in [-0.2, -0.15) is 0 Å². The predicted molar refractivity (Wildman–Crippen MR) is 134 cm³/mol. The molecule has 2 aliphatic rings. The third-order valence-corrected chi connectivity index (χ3v) is 6.56. The molecule has 1 fully saturated rings. The molecule has 9 nitrogen and oxygen atoms in total. The van der Waals surface area contributed by atoms with Gasteiger partial charge in [-0.05, 0) is 43.0 Å². The number of benzene rings is 2. The van der Waals surface area contributed by atoms with Crippen molar-refractivity contribution in [2.75, 3.05) is 39.2 Å². The van der Waals surface area contributed by atoms with Crippen LogP contribution in [0.15, 0.2) is 48.5 Å². The number of nitrogens with one attached hydrogen (secondary N) is 2. The van der Waals surface area contributed by atoms with Crippen LogP contribution in [0.25, 0.3) is 0 Å². The first-order valence-corrected chi connectivity index (χ1v) is 12.2. The molecule has 0 spiro atoms. The zero-order valence-electron chi connectivity index (χ0n) is 20.7. The highest BCUT2D eigenvalue weighted by atomic mass is 16.5. The first-order chi connectivity index (χ1) is 17.4. The summed E-state index contributed by atoms with van der Waals surface area (Å²) in [5.74, 6) is -0.123. The fourth-order valence-corrected chi connectivity index (χ4v) is 4.70. The van der Waals surface area contributed by atoms with Crippen molar-refractivity contribution in [1.82, 2.24) is 10.2 Å². The van der Waals surface area contributed by atoms with E-state index in [2.05, 4.69) is 10.6 Å². The molecule has 2 aliphatic heterocycles. The van der Waals surface area contributed by atoms with Crippen LogP contribution in [0.2, 0.25) is 0 Å². The lowest BCUT2D eigenvalue weighted by Gasteiger charge is -2.42. The van der Waals surface area contributed by atoms with Gasteiger partial charge >= 0.3 is 0 Å². The number of amides is 3. The average molecular weight is 496 g/mol. The molecule has 2 aromatic carbocycles. The Balaban J connectivity index is 1.34. The first kappa shape index (κ1) is 25.7. The topological polar surface area (TPSA) is 106 Å². The Morgan fingerprint density at radius 2 is 1.92 bits per heavy atom. The fraction of sp³-hybridized carbons (Fsp3) is 0.444. The molecule has 0 aliphatic carbocycles. The second kappa shape index (κ2) is 12.0. The van der Waals surface area contributed by atoms with Crippen LogP contribution in [0.5, 0.6) is 5.75 Å². The summed E-state index contributed by atoms with van der Waals surface area (Å²) >= 11 is 0. The number of ether oxygens (including phenoxy) is 3. The smallest absolute Gasteiger partial charge is 0.257 e. The van der Waals surface area contributed by atoms with E-state index in [0.717, 1.165) is 6.42 Å². The molecule has 4 rings (SSSR count). The standard InChI is InChI=1S/C27H33N3O6/c1-30-22-10-9-20(15-25(31)28-13-12-18-6-4-3-5-7-18)36-24(22)16-35-23-11-8-19(14-21(23)27(30)33)29-26(32)17-34-2/h3-8,11,14,20,22,24H,9-10,12-13,15-17H2,1-2H3,(H,28,31)(H,29,32)/t20-,22-,24+/m0/s1. The maximum Gasteiger partial charge on any atom is 0.257 e. The second-order valence-corrected chi connectivity index (χ2v) is 9.15. The lowest BCUT2D eigenvalue weighted by atomic mass is 9.94. The summed E-state index contributed by atoms with van der Waals surface area (Å²) in [7, 11) is 3.20. The molecular weight excluding hydrogens is 462 g/mol. The van der Waals surface area contributed by atoms with Crippen molar-refractivity contribution < 1.29 is 28.6 Å². The molecule has 9 heteroatoms. The Bertz CT molecular complexity index is 1080. The molecule has 2 aromatic rings. The summed E-state index contributed by atoms with van der Waals surface area (Å²) in [6, 6.07) is 14.8. The fourth-order valence-electron chi connectivity index (χ4n) is 4.70. The van der Waals surface area contributed by atoms with Crippen molar-refractivity contribution in [3.8, 4) is 5.75 Å². The number of likely N-dealkylation sites (N-methyl/N-ethyl adjacent to an activating group) is 1. The van der Waals surface area contributed by atoms with Crippen LogP contribution in [0.3, 0.4) is 0 Å². The zero-order valence-corrected chi connectivity index (χ0v) is 20.7. The number of methoxy groups -OCH3 is 1. The highest BCUT2D eigenvalue weighted by Crippen LogP contribution is 2.32. The number of hydrogen-bond acceptors (Lipinski definition) is 6. The Kier molecular flexibility index (Phi) is 8.56. The van der Waals surface area contributed by atoms with Crippen molar-refractivity contribution >= 4 is 23.4 Å². The van der Waals surface area contributed by atoms with Gasteiger partial charge in [0.25, 0.3) is 5.91 Å². The van der Waals surface area contributed by atoms with Gasteiger partial charge in [-0.25, -0.2) is 0 Å². The molecule has 0 aromatic heterocycles. The highest BCUT2D eigenvalue weighted by Gasteiger charge is 2.39. The van der Waals surface area contributed by atoms with Crippen LogP contribution in [0, 0.1) is 0 Å². The van der Waals surface area contributed by atoms with Gasteiger partial charge in [0.1, 0.15) is 25.1 Å². The minimum absolute atomic E-state index is 0.0426. The van der Waals surface area contributed by atoms with Crippen LogP contribution in [-0.4, -0.2) is 74.8 Å². The van der Waals surface area contributed by atoms with Gasteiger partial charge < -0.3 is 29.7 Å². The molecule has 0 radical (unpaired) electrons. The van der Waals surface area contributed by atoms with Gasteiger partial charge in [0, 0.05) is 26.4 Å². The summed E-state index contributed by atoms with van der Waals surface area (Å²) in [5, 5.41) is 5.69. The van der Waals surface area contributed by atoms with Crippen molar-refractivity contribution in [2.45, 2.75) is 43.9 Å². The summed E-state index contributed by atoms with van der Waals surface area (Å²) < 4.78 is 17.1. The van der Waals surface area contributed by atoms with Crippen LogP contribution < -0.4 is 15.4 Å². The number of anilines is 1. The number of hydrogen-bond donors (Lipinski definition) is 2. The number of fused-ring (bicyclic) bond motifs is 2. The van der Waals surface area contributed by atoms with Gasteiger partial charge in [0.2, 0.25) is 11.8 Å². The average Bonchev–Trinajstić information content (AvgIpc) is 2.87. The van der Waals surface area contributed by atoms with E-state index in [9.17, 15) is 14.4 Å². The molecule has 0 unspecified atom stereocenters. The van der Waals surface area contributed by atoms with Gasteiger partial charge in [0.05, 0.1) is 24.1 Å². The molecular formula is C27H33N3O6. The van der Waals surface area contributed by atoms with Crippen molar-refractivity contribution in [2.24, 2.45) is 0 Å².